The second-order valence-corrected chi connectivity index (χ2v) is 5.36. The maximum Gasteiger partial charge on any atom is 0.0705 e. The van der Waals surface area contributed by atoms with E-state index in [9.17, 15) is 0 Å². The number of aryl methyl sites for hydroxylation is 1. The van der Waals surface area contributed by atoms with Crippen molar-refractivity contribution in [3.63, 3.8) is 0 Å². The Hall–Kier alpha value is -1.41. The molecule has 0 radical (unpaired) electrons. The number of nitrogens with two attached hydrogens (primary N) is 1. The highest BCUT2D eigenvalue weighted by Crippen LogP contribution is 2.22. The van der Waals surface area contributed by atoms with Crippen LogP contribution in [-0.2, 0) is 0 Å². The lowest BCUT2D eigenvalue weighted by Gasteiger charge is -2.12. The summed E-state index contributed by atoms with van der Waals surface area (Å²) in [6.45, 7) is 4.26. The Morgan fingerprint density at radius 1 is 1.11 bits per heavy atom. The van der Waals surface area contributed by atoms with Gasteiger partial charge in [-0.15, -0.1) is 0 Å². The lowest BCUT2D eigenvalue weighted by molar-refractivity contribution is 0.566. The second-order valence-electron chi connectivity index (χ2n) is 5.36. The van der Waals surface area contributed by atoms with Crippen LogP contribution in [0.5, 0.6) is 0 Å². The lowest BCUT2D eigenvalue weighted by Crippen LogP contribution is -2.10. The van der Waals surface area contributed by atoms with Crippen LogP contribution < -0.4 is 5.73 Å². The van der Waals surface area contributed by atoms with Crippen LogP contribution in [0.2, 0.25) is 0 Å². The molecule has 19 heavy (non-hydrogen) atoms. The molecule has 0 aliphatic heterocycles. The molecule has 0 saturated carbocycles. The predicted molar refractivity (Wildman–Crippen MR) is 82.2 cm³/mol. The average molecular weight is 256 g/mol. The van der Waals surface area contributed by atoms with Crippen LogP contribution in [0.15, 0.2) is 30.3 Å². The standard InChI is InChI=1S/C17H24N2/c1-3-4-5-6-7-16(18)14-10-11-17-15(12-14)9-8-13(2)19-17/h8-12,16H,3-7,18H2,1-2H3. The van der Waals surface area contributed by atoms with Gasteiger partial charge < -0.3 is 5.73 Å². The molecular weight excluding hydrogens is 232 g/mol. The highest BCUT2D eigenvalue weighted by Gasteiger charge is 2.07. The summed E-state index contributed by atoms with van der Waals surface area (Å²) in [5, 5.41) is 1.19. The van der Waals surface area contributed by atoms with Crippen molar-refractivity contribution in [2.45, 2.75) is 52.0 Å². The third kappa shape index (κ3) is 3.77. The van der Waals surface area contributed by atoms with E-state index in [1.807, 2.05) is 6.92 Å². The van der Waals surface area contributed by atoms with Crippen molar-refractivity contribution in [2.75, 3.05) is 0 Å². The summed E-state index contributed by atoms with van der Waals surface area (Å²) < 4.78 is 0. The summed E-state index contributed by atoms with van der Waals surface area (Å²) in [4.78, 5) is 4.52. The van der Waals surface area contributed by atoms with Gasteiger partial charge >= 0.3 is 0 Å². The van der Waals surface area contributed by atoms with Crippen LogP contribution in [0.3, 0.4) is 0 Å². The first-order valence-electron chi connectivity index (χ1n) is 7.33. The largest absolute Gasteiger partial charge is 0.324 e. The van der Waals surface area contributed by atoms with Crippen molar-refractivity contribution in [2.24, 2.45) is 5.73 Å². The summed E-state index contributed by atoms with van der Waals surface area (Å²) in [5.41, 5.74) is 9.63. The molecule has 0 amide bonds. The normalized spacial score (nSPS) is 12.8. The van der Waals surface area contributed by atoms with E-state index in [1.54, 1.807) is 0 Å². The maximum atomic E-state index is 6.28. The summed E-state index contributed by atoms with van der Waals surface area (Å²) in [6, 6.07) is 10.7. The molecule has 2 nitrogen and oxygen atoms in total. The lowest BCUT2D eigenvalue weighted by atomic mass is 9.99. The van der Waals surface area contributed by atoms with Crippen molar-refractivity contribution >= 4 is 10.9 Å². The Bertz CT molecular complexity index is 534. The number of aromatic nitrogens is 1. The first-order chi connectivity index (χ1) is 9.20. The first-order valence-corrected chi connectivity index (χ1v) is 7.33. The Morgan fingerprint density at radius 3 is 2.74 bits per heavy atom. The monoisotopic (exact) mass is 256 g/mol. The molecule has 0 spiro atoms. The van der Waals surface area contributed by atoms with Gasteiger partial charge in [0, 0.05) is 17.1 Å². The van der Waals surface area contributed by atoms with Crippen LogP contribution in [0.1, 0.15) is 56.3 Å². The molecule has 2 aromatic rings. The Kier molecular flexibility index (Phi) is 4.92. The Morgan fingerprint density at radius 2 is 1.95 bits per heavy atom. The van der Waals surface area contributed by atoms with Crippen LogP contribution in [0, 0.1) is 6.92 Å². The molecule has 1 unspecified atom stereocenters. The van der Waals surface area contributed by atoms with Crippen molar-refractivity contribution in [3.8, 4) is 0 Å². The molecule has 0 bridgehead atoms. The minimum absolute atomic E-state index is 0.155. The van der Waals surface area contributed by atoms with E-state index in [-0.39, 0.29) is 6.04 Å². The zero-order chi connectivity index (χ0) is 13.7. The first kappa shape index (κ1) is 14.0. The molecule has 1 aromatic carbocycles. The van der Waals surface area contributed by atoms with E-state index in [4.69, 9.17) is 5.73 Å². The van der Waals surface area contributed by atoms with Gasteiger partial charge in [0.1, 0.15) is 0 Å². The minimum Gasteiger partial charge on any atom is -0.324 e. The van der Waals surface area contributed by atoms with Gasteiger partial charge in [0.15, 0.2) is 0 Å². The third-order valence-electron chi connectivity index (χ3n) is 3.65. The number of hydrogen-bond acceptors (Lipinski definition) is 2. The smallest absolute Gasteiger partial charge is 0.0705 e. The number of nitrogens with zero attached hydrogens (tertiary/aromatic N) is 1. The average Bonchev–Trinajstić information content (AvgIpc) is 2.42. The van der Waals surface area contributed by atoms with E-state index in [0.29, 0.717) is 0 Å². The number of hydrogen-bond donors (Lipinski definition) is 1. The third-order valence-corrected chi connectivity index (χ3v) is 3.65. The van der Waals surface area contributed by atoms with Gasteiger partial charge in [0.05, 0.1) is 5.52 Å². The molecule has 1 heterocycles. The number of benzene rings is 1. The van der Waals surface area contributed by atoms with E-state index in [1.165, 1.54) is 36.6 Å². The molecule has 0 aliphatic rings. The summed E-state index contributed by atoms with van der Waals surface area (Å²) in [7, 11) is 0. The zero-order valence-electron chi connectivity index (χ0n) is 12.0. The molecule has 1 atom stereocenters. The highest BCUT2D eigenvalue weighted by molar-refractivity contribution is 5.79. The molecule has 1 aromatic heterocycles. The van der Waals surface area contributed by atoms with Crippen LogP contribution in [0.25, 0.3) is 10.9 Å². The predicted octanol–water partition coefficient (Wildman–Crippen LogP) is 4.51. The van der Waals surface area contributed by atoms with Crippen molar-refractivity contribution in [1.82, 2.24) is 4.98 Å². The molecule has 2 rings (SSSR count). The van der Waals surface area contributed by atoms with Gasteiger partial charge in [0.2, 0.25) is 0 Å². The Balaban J connectivity index is 2.05. The van der Waals surface area contributed by atoms with E-state index >= 15 is 0 Å². The van der Waals surface area contributed by atoms with E-state index < -0.39 is 0 Å². The van der Waals surface area contributed by atoms with Crippen LogP contribution in [0.4, 0.5) is 0 Å². The van der Waals surface area contributed by atoms with Gasteiger partial charge in [0.25, 0.3) is 0 Å². The molecule has 102 valence electrons. The quantitative estimate of drug-likeness (QED) is 0.772. The number of unbranched alkanes of at least 4 members (excludes halogenated alkanes) is 3. The fourth-order valence-electron chi connectivity index (χ4n) is 2.43. The second kappa shape index (κ2) is 6.67. The van der Waals surface area contributed by atoms with E-state index in [2.05, 4.69) is 42.2 Å². The number of rotatable bonds is 6. The fraction of sp³-hybridized carbons (Fsp3) is 0.471. The van der Waals surface area contributed by atoms with Crippen molar-refractivity contribution < 1.29 is 0 Å². The minimum atomic E-state index is 0.155. The van der Waals surface area contributed by atoms with Crippen LogP contribution in [-0.4, -0.2) is 4.98 Å². The highest BCUT2D eigenvalue weighted by atomic mass is 14.7. The molecule has 2 N–H and O–H groups in total. The zero-order valence-corrected chi connectivity index (χ0v) is 12.0. The van der Waals surface area contributed by atoms with Gasteiger partial charge in [-0.05, 0) is 37.1 Å². The van der Waals surface area contributed by atoms with Crippen LogP contribution >= 0.6 is 0 Å². The van der Waals surface area contributed by atoms with Crippen molar-refractivity contribution in [3.05, 3.63) is 41.6 Å². The summed E-state index contributed by atoms with van der Waals surface area (Å²) in [5.74, 6) is 0. The van der Waals surface area contributed by atoms with Gasteiger partial charge in [-0.25, -0.2) is 0 Å². The molecular formula is C17H24N2. The van der Waals surface area contributed by atoms with Gasteiger partial charge in [-0.1, -0.05) is 44.7 Å². The summed E-state index contributed by atoms with van der Waals surface area (Å²) in [6.07, 6.45) is 6.17. The maximum absolute atomic E-state index is 6.28. The Labute approximate surface area is 116 Å². The molecule has 2 heteroatoms. The SMILES string of the molecule is CCCCCCC(N)c1ccc2nc(C)ccc2c1. The molecule has 0 fully saturated rings. The van der Waals surface area contributed by atoms with Gasteiger partial charge in [-0.2, -0.15) is 0 Å². The summed E-state index contributed by atoms with van der Waals surface area (Å²) >= 11 is 0. The topological polar surface area (TPSA) is 38.9 Å². The number of fused-ring (bicyclic) bond motifs is 1. The van der Waals surface area contributed by atoms with Gasteiger partial charge in [-0.3, -0.25) is 4.98 Å². The number of pyridine rings is 1. The fourth-order valence-corrected chi connectivity index (χ4v) is 2.43. The van der Waals surface area contributed by atoms with Crippen molar-refractivity contribution in [1.29, 1.82) is 0 Å². The van der Waals surface area contributed by atoms with E-state index in [0.717, 1.165) is 17.6 Å². The molecule has 0 aliphatic carbocycles. The molecule has 0 saturated heterocycles.